The second kappa shape index (κ2) is 3.22. The molecule has 0 nitrogen and oxygen atoms in total. The Morgan fingerprint density at radius 2 is 1.42 bits per heavy atom. The maximum absolute atomic E-state index is 2.76. The van der Waals surface area contributed by atoms with Gasteiger partial charge in [-0.25, -0.2) is 0 Å². The molecule has 2 aliphatic rings. The predicted molar refractivity (Wildman–Crippen MR) is 68.8 cm³/mol. The van der Waals surface area contributed by atoms with Crippen LogP contribution in [0, 0.1) is 0 Å². The molecule has 2 fully saturated rings. The minimum atomic E-state index is -0.528. The van der Waals surface area contributed by atoms with E-state index in [1.807, 2.05) is 28.3 Å². The lowest BCUT2D eigenvalue weighted by Crippen LogP contribution is -2.54. The Morgan fingerprint density at radius 3 is 1.83 bits per heavy atom. The highest BCUT2D eigenvalue weighted by atomic mass is 28.5. The molecule has 0 aliphatic carbocycles. The summed E-state index contributed by atoms with van der Waals surface area (Å²) in [6.07, 6.45) is 0. The molecule has 0 aromatic heterocycles. The lowest BCUT2D eigenvalue weighted by molar-refractivity contribution is 1.35. The third-order valence-corrected chi connectivity index (χ3v) is 35.4. The Bertz CT molecular complexity index is 162. The van der Waals surface area contributed by atoms with Gasteiger partial charge in [-0.3, -0.25) is 0 Å². The molecule has 0 aromatic carbocycles. The first kappa shape index (κ1) is 9.42. The molecule has 2 saturated heterocycles. The van der Waals surface area contributed by atoms with Gasteiger partial charge in [-0.1, -0.05) is 48.0 Å². The van der Waals surface area contributed by atoms with E-state index in [0.717, 1.165) is 0 Å². The van der Waals surface area contributed by atoms with Gasteiger partial charge in [0.15, 0.2) is 0 Å². The van der Waals surface area contributed by atoms with Crippen LogP contribution in [0.15, 0.2) is 0 Å². The highest BCUT2D eigenvalue weighted by Gasteiger charge is 2.43. The van der Waals surface area contributed by atoms with E-state index in [9.17, 15) is 0 Å². The van der Waals surface area contributed by atoms with Gasteiger partial charge in [-0.2, -0.15) is 0 Å². The summed E-state index contributed by atoms with van der Waals surface area (Å²) >= 11 is 0. The zero-order chi connectivity index (χ0) is 8.77. The molecule has 0 spiro atoms. The Morgan fingerprint density at radius 1 is 0.917 bits per heavy atom. The molecule has 0 radical (unpaired) electrons. The van der Waals surface area contributed by atoms with Gasteiger partial charge in [0.1, 0.15) is 0 Å². The summed E-state index contributed by atoms with van der Waals surface area (Å²) in [7, 11) is -0.853. The zero-order valence-corrected chi connectivity index (χ0v) is 13.2. The fraction of sp³-hybridized carbons (Fsp3) is 1.00. The molecule has 4 heteroatoms. The topological polar surface area (TPSA) is 0 Å². The first-order chi connectivity index (χ1) is 5.57. The van der Waals surface area contributed by atoms with E-state index in [0.29, 0.717) is 0 Å². The Balaban J connectivity index is 2.11. The maximum atomic E-state index is 2.76. The van der Waals surface area contributed by atoms with Crippen molar-refractivity contribution in [3.8, 4) is 0 Å². The second-order valence-corrected chi connectivity index (χ2v) is 24.4. The summed E-state index contributed by atoms with van der Waals surface area (Å²) in [6.45, 7) is 8.10. The van der Waals surface area contributed by atoms with Gasteiger partial charge in [-0.05, 0) is 0 Å². The highest BCUT2D eigenvalue weighted by Crippen LogP contribution is 2.38. The van der Waals surface area contributed by atoms with Crippen LogP contribution < -0.4 is 0 Å². The van der Waals surface area contributed by atoms with Gasteiger partial charge in [0.05, 0.1) is 0 Å². The average Bonchev–Trinajstić information content (AvgIpc) is 1.78. The van der Waals surface area contributed by atoms with Crippen molar-refractivity contribution in [2.24, 2.45) is 0 Å². The van der Waals surface area contributed by atoms with Crippen molar-refractivity contribution in [3.63, 3.8) is 0 Å². The molecule has 70 valence electrons. The van der Waals surface area contributed by atoms with Crippen LogP contribution >= 0.6 is 0 Å². The number of hydrogen-bond acceptors (Lipinski definition) is 0. The smallest absolute Gasteiger partial charge is 0.0418 e. The summed E-state index contributed by atoms with van der Waals surface area (Å²) in [5, 5.41) is 0. The van der Waals surface area contributed by atoms with Gasteiger partial charge in [-0.15, -0.1) is 0 Å². The fourth-order valence-corrected chi connectivity index (χ4v) is 50.0. The van der Waals surface area contributed by atoms with E-state index in [2.05, 4.69) is 19.6 Å². The third-order valence-electron chi connectivity index (χ3n) is 3.94. The minimum Gasteiger partial charge on any atom is -0.0724 e. The van der Waals surface area contributed by atoms with Gasteiger partial charge in [0.2, 0.25) is 0 Å². The molecule has 0 aromatic rings. The number of fused-ring (bicyclic) bond motifs is 2. The molecule has 2 bridgehead atoms. The average molecular weight is 231 g/mol. The van der Waals surface area contributed by atoms with Crippen molar-refractivity contribution in [3.05, 3.63) is 0 Å². The van der Waals surface area contributed by atoms with Crippen molar-refractivity contribution in [2.75, 3.05) is 0 Å². The second-order valence-electron chi connectivity index (χ2n) is 5.97. The molecule has 0 amide bonds. The number of hydrogen-bond donors (Lipinski definition) is 0. The molecular weight excluding hydrogens is 208 g/mol. The zero-order valence-electron chi connectivity index (χ0n) is 8.77. The van der Waals surface area contributed by atoms with Crippen LogP contribution in [-0.2, 0) is 0 Å². The monoisotopic (exact) mass is 230 g/mol. The summed E-state index contributed by atoms with van der Waals surface area (Å²) in [5.74, 6) is 0. The molecule has 2 unspecified atom stereocenters. The van der Waals surface area contributed by atoms with Crippen molar-refractivity contribution < 1.29 is 0 Å². The Labute approximate surface area is 82.6 Å². The SMILES string of the molecule is C[SiH]1C[SiH]2C[SiH](C)C[Si](C)(C1)C2. The van der Waals surface area contributed by atoms with E-state index < -0.39 is 8.07 Å². The summed E-state index contributed by atoms with van der Waals surface area (Å²) in [5.41, 5.74) is 9.28. The minimum absolute atomic E-state index is 0.0741. The van der Waals surface area contributed by atoms with Crippen molar-refractivity contribution >= 4 is 34.5 Å². The Hall–Kier alpha value is 0.868. The first-order valence-corrected chi connectivity index (χ1v) is 16.7. The van der Waals surface area contributed by atoms with Crippen molar-refractivity contribution in [2.45, 2.75) is 48.0 Å². The predicted octanol–water partition coefficient (Wildman–Crippen LogP) is 1.73. The highest BCUT2D eigenvalue weighted by molar-refractivity contribution is 7.11. The third kappa shape index (κ3) is 1.86. The van der Waals surface area contributed by atoms with E-state index in [4.69, 9.17) is 0 Å². The lowest BCUT2D eigenvalue weighted by Gasteiger charge is -2.45. The van der Waals surface area contributed by atoms with Crippen molar-refractivity contribution in [1.82, 2.24) is 0 Å². The van der Waals surface area contributed by atoms with Gasteiger partial charge in [0, 0.05) is 34.5 Å². The molecule has 2 rings (SSSR count). The van der Waals surface area contributed by atoms with Gasteiger partial charge in [0.25, 0.3) is 0 Å². The molecule has 2 heterocycles. The van der Waals surface area contributed by atoms with E-state index >= 15 is 0 Å². The fourth-order valence-electron chi connectivity index (χ4n) is 4.20. The molecule has 0 saturated carbocycles. The van der Waals surface area contributed by atoms with Crippen LogP contribution in [0.4, 0.5) is 0 Å². The molecule has 0 N–H and O–H groups in total. The first-order valence-electron chi connectivity index (χ1n) is 5.57. The number of rotatable bonds is 0. The summed E-state index contributed by atoms with van der Waals surface area (Å²) < 4.78 is 0. The quantitative estimate of drug-likeness (QED) is 0.556. The maximum Gasteiger partial charge on any atom is 0.0418 e. The standard InChI is InChI=1S/C8H22Si4/c1-9-4-11-5-10(2)7-12(3,6-9)8-11/h9-11H,4-8H2,1-3H3. The van der Waals surface area contributed by atoms with Gasteiger partial charge < -0.3 is 0 Å². The molecule has 12 heavy (non-hydrogen) atoms. The normalized spacial score (nSPS) is 53.8. The van der Waals surface area contributed by atoms with Crippen molar-refractivity contribution in [1.29, 1.82) is 0 Å². The van der Waals surface area contributed by atoms with Crippen LogP contribution in [0.5, 0.6) is 0 Å². The summed E-state index contributed by atoms with van der Waals surface area (Å²) in [6, 6.07) is 0. The largest absolute Gasteiger partial charge is 0.0724 e. The molecular formula is C8H22Si4. The lowest BCUT2D eigenvalue weighted by atomic mass is 11.7. The van der Waals surface area contributed by atoms with Crippen LogP contribution in [0.3, 0.4) is 0 Å². The van der Waals surface area contributed by atoms with E-state index in [1.165, 1.54) is 0 Å². The van der Waals surface area contributed by atoms with Crippen LogP contribution in [-0.4, -0.2) is 34.5 Å². The van der Waals surface area contributed by atoms with E-state index in [1.54, 1.807) is 0 Å². The Kier molecular flexibility index (Phi) is 2.53. The molecule has 2 aliphatic heterocycles. The van der Waals surface area contributed by atoms with Crippen LogP contribution in [0.2, 0.25) is 48.0 Å². The van der Waals surface area contributed by atoms with E-state index in [-0.39, 0.29) is 26.4 Å². The van der Waals surface area contributed by atoms with Crippen LogP contribution in [0.1, 0.15) is 0 Å². The van der Waals surface area contributed by atoms with Crippen LogP contribution in [0.25, 0.3) is 0 Å². The molecule has 2 atom stereocenters. The summed E-state index contributed by atoms with van der Waals surface area (Å²) in [4.78, 5) is 0. The van der Waals surface area contributed by atoms with Gasteiger partial charge >= 0.3 is 0 Å².